The molecular formula is C11H8F3NS. The van der Waals surface area contributed by atoms with Crippen LogP contribution in [0.3, 0.4) is 0 Å². The second-order valence-corrected chi connectivity index (χ2v) is 4.39. The summed E-state index contributed by atoms with van der Waals surface area (Å²) in [7, 11) is 0. The molecule has 16 heavy (non-hydrogen) atoms. The van der Waals surface area contributed by atoms with Crippen molar-refractivity contribution in [2.75, 3.05) is 0 Å². The van der Waals surface area contributed by atoms with Crippen LogP contribution in [-0.4, -0.2) is 4.98 Å². The lowest BCUT2D eigenvalue weighted by atomic mass is 10.1. The van der Waals surface area contributed by atoms with Crippen molar-refractivity contribution in [1.82, 2.24) is 4.98 Å². The predicted molar refractivity (Wildman–Crippen MR) is 57.3 cm³/mol. The Morgan fingerprint density at radius 3 is 2.19 bits per heavy atom. The molecular weight excluding hydrogens is 235 g/mol. The summed E-state index contributed by atoms with van der Waals surface area (Å²) in [6.45, 7) is 1.86. The van der Waals surface area contributed by atoms with Crippen LogP contribution in [0.1, 0.15) is 10.6 Å². The number of thiazole rings is 1. The fraction of sp³-hybridized carbons (Fsp3) is 0.182. The molecule has 0 atom stereocenters. The molecule has 1 nitrogen and oxygen atoms in total. The minimum absolute atomic E-state index is 0.636. The van der Waals surface area contributed by atoms with Crippen LogP contribution >= 0.6 is 11.3 Å². The molecule has 0 aliphatic rings. The van der Waals surface area contributed by atoms with E-state index >= 15 is 0 Å². The lowest BCUT2D eigenvalue weighted by Crippen LogP contribution is -2.03. The van der Waals surface area contributed by atoms with Gasteiger partial charge >= 0.3 is 6.18 Å². The summed E-state index contributed by atoms with van der Waals surface area (Å²) in [4.78, 5) is 4.21. The van der Waals surface area contributed by atoms with Gasteiger partial charge in [0, 0.05) is 10.9 Å². The Morgan fingerprint density at radius 2 is 1.75 bits per heavy atom. The van der Waals surface area contributed by atoms with Crippen molar-refractivity contribution in [2.24, 2.45) is 0 Å². The van der Waals surface area contributed by atoms with Crippen molar-refractivity contribution in [1.29, 1.82) is 0 Å². The number of benzene rings is 1. The zero-order valence-corrected chi connectivity index (χ0v) is 9.19. The third kappa shape index (κ3) is 2.24. The maximum absolute atomic E-state index is 12.3. The Bertz CT molecular complexity index is 485. The van der Waals surface area contributed by atoms with Gasteiger partial charge < -0.3 is 0 Å². The van der Waals surface area contributed by atoms with Crippen molar-refractivity contribution in [3.05, 3.63) is 40.2 Å². The number of aromatic nitrogens is 1. The van der Waals surface area contributed by atoms with E-state index in [0.29, 0.717) is 5.56 Å². The average molecular weight is 243 g/mol. The van der Waals surface area contributed by atoms with Gasteiger partial charge in [-0.05, 0) is 19.1 Å². The van der Waals surface area contributed by atoms with Crippen LogP contribution in [0, 0.1) is 6.92 Å². The number of hydrogen-bond acceptors (Lipinski definition) is 2. The SMILES string of the molecule is Cc1nc(-c2ccc(C(F)(F)F)cc2)cs1. The van der Waals surface area contributed by atoms with Gasteiger partial charge in [0.25, 0.3) is 0 Å². The molecule has 0 saturated carbocycles. The maximum atomic E-state index is 12.3. The van der Waals surface area contributed by atoms with E-state index in [2.05, 4.69) is 4.98 Å². The largest absolute Gasteiger partial charge is 0.416 e. The summed E-state index contributed by atoms with van der Waals surface area (Å²) in [6, 6.07) is 5.03. The highest BCUT2D eigenvalue weighted by molar-refractivity contribution is 7.09. The third-order valence-electron chi connectivity index (χ3n) is 2.13. The average Bonchev–Trinajstić information content (AvgIpc) is 2.64. The molecule has 1 aromatic heterocycles. The highest BCUT2D eigenvalue weighted by Crippen LogP contribution is 2.31. The summed E-state index contributed by atoms with van der Waals surface area (Å²) in [5.74, 6) is 0. The number of halogens is 3. The molecule has 0 saturated heterocycles. The third-order valence-corrected chi connectivity index (χ3v) is 2.90. The van der Waals surface area contributed by atoms with Crippen molar-refractivity contribution in [3.8, 4) is 11.3 Å². The van der Waals surface area contributed by atoms with Crippen molar-refractivity contribution >= 4 is 11.3 Å². The zero-order valence-electron chi connectivity index (χ0n) is 8.38. The number of alkyl halides is 3. The monoisotopic (exact) mass is 243 g/mol. The molecule has 0 radical (unpaired) electrons. The van der Waals surface area contributed by atoms with Gasteiger partial charge in [0.2, 0.25) is 0 Å². The normalized spacial score (nSPS) is 11.8. The van der Waals surface area contributed by atoms with Gasteiger partial charge in [-0.3, -0.25) is 0 Å². The molecule has 0 spiro atoms. The molecule has 0 aliphatic carbocycles. The van der Waals surface area contributed by atoms with Crippen LogP contribution in [0.15, 0.2) is 29.6 Å². The van der Waals surface area contributed by atoms with E-state index in [9.17, 15) is 13.2 Å². The Kier molecular flexibility index (Phi) is 2.71. The first kappa shape index (κ1) is 11.1. The number of nitrogens with zero attached hydrogens (tertiary/aromatic N) is 1. The Morgan fingerprint density at radius 1 is 1.12 bits per heavy atom. The quantitative estimate of drug-likeness (QED) is 0.733. The molecule has 2 aromatic rings. The van der Waals surface area contributed by atoms with Gasteiger partial charge in [0.15, 0.2) is 0 Å². The van der Waals surface area contributed by atoms with Gasteiger partial charge in [-0.2, -0.15) is 13.2 Å². The molecule has 0 amide bonds. The minimum atomic E-state index is -4.28. The first-order chi connectivity index (χ1) is 7.47. The van der Waals surface area contributed by atoms with E-state index in [4.69, 9.17) is 0 Å². The number of hydrogen-bond donors (Lipinski definition) is 0. The van der Waals surface area contributed by atoms with Crippen LogP contribution in [-0.2, 0) is 6.18 Å². The topological polar surface area (TPSA) is 12.9 Å². The van der Waals surface area contributed by atoms with Crippen molar-refractivity contribution < 1.29 is 13.2 Å². The molecule has 0 unspecified atom stereocenters. The van der Waals surface area contributed by atoms with Crippen LogP contribution in [0.25, 0.3) is 11.3 Å². The van der Waals surface area contributed by atoms with E-state index in [1.165, 1.54) is 23.5 Å². The Balaban J connectivity index is 2.33. The molecule has 0 fully saturated rings. The van der Waals surface area contributed by atoms with Gasteiger partial charge in [-0.15, -0.1) is 11.3 Å². The summed E-state index contributed by atoms with van der Waals surface area (Å²) in [5.41, 5.74) is 0.789. The van der Waals surface area contributed by atoms with E-state index in [1.807, 2.05) is 12.3 Å². The lowest BCUT2D eigenvalue weighted by molar-refractivity contribution is -0.137. The molecule has 0 N–H and O–H groups in total. The molecule has 84 valence electrons. The van der Waals surface area contributed by atoms with Crippen LogP contribution in [0.4, 0.5) is 13.2 Å². The highest BCUT2D eigenvalue weighted by atomic mass is 32.1. The molecule has 1 aromatic carbocycles. The van der Waals surface area contributed by atoms with Crippen LogP contribution in [0.5, 0.6) is 0 Å². The molecule has 0 bridgehead atoms. The minimum Gasteiger partial charge on any atom is -0.242 e. The van der Waals surface area contributed by atoms with Gasteiger partial charge in [-0.25, -0.2) is 4.98 Å². The molecule has 1 heterocycles. The lowest BCUT2D eigenvalue weighted by Gasteiger charge is -2.06. The smallest absolute Gasteiger partial charge is 0.242 e. The Labute approximate surface area is 94.6 Å². The first-order valence-electron chi connectivity index (χ1n) is 4.56. The first-order valence-corrected chi connectivity index (χ1v) is 5.44. The maximum Gasteiger partial charge on any atom is 0.416 e. The van der Waals surface area contributed by atoms with Gasteiger partial charge in [0.1, 0.15) is 0 Å². The standard InChI is InChI=1S/C11H8F3NS/c1-7-15-10(6-16-7)8-2-4-9(5-3-8)11(12,13)14/h2-6H,1H3. The Hall–Kier alpha value is -1.36. The van der Waals surface area contributed by atoms with Crippen LogP contribution in [0.2, 0.25) is 0 Å². The summed E-state index contributed by atoms with van der Waals surface area (Å²) in [5, 5.41) is 2.73. The highest BCUT2D eigenvalue weighted by Gasteiger charge is 2.29. The van der Waals surface area contributed by atoms with Gasteiger partial charge in [0.05, 0.1) is 16.3 Å². The number of aryl methyl sites for hydroxylation is 1. The van der Waals surface area contributed by atoms with Crippen molar-refractivity contribution in [2.45, 2.75) is 13.1 Å². The van der Waals surface area contributed by atoms with Gasteiger partial charge in [-0.1, -0.05) is 12.1 Å². The fourth-order valence-electron chi connectivity index (χ4n) is 1.33. The van der Waals surface area contributed by atoms with E-state index in [0.717, 1.165) is 22.8 Å². The van der Waals surface area contributed by atoms with E-state index in [1.54, 1.807) is 0 Å². The van der Waals surface area contributed by atoms with Crippen LogP contribution < -0.4 is 0 Å². The van der Waals surface area contributed by atoms with E-state index in [-0.39, 0.29) is 0 Å². The second-order valence-electron chi connectivity index (χ2n) is 3.33. The van der Waals surface area contributed by atoms with E-state index < -0.39 is 11.7 Å². The summed E-state index contributed by atoms with van der Waals surface area (Å²) >= 11 is 1.48. The predicted octanol–water partition coefficient (Wildman–Crippen LogP) is 4.14. The zero-order chi connectivity index (χ0) is 11.8. The number of rotatable bonds is 1. The fourth-order valence-corrected chi connectivity index (χ4v) is 1.95. The summed E-state index contributed by atoms with van der Waals surface area (Å²) < 4.78 is 36.9. The van der Waals surface area contributed by atoms with Crippen molar-refractivity contribution in [3.63, 3.8) is 0 Å². The summed E-state index contributed by atoms with van der Waals surface area (Å²) in [6.07, 6.45) is -4.28. The molecule has 2 rings (SSSR count). The molecule has 0 aliphatic heterocycles. The molecule has 5 heteroatoms. The second kappa shape index (κ2) is 3.90.